The van der Waals surface area contributed by atoms with E-state index in [4.69, 9.17) is 10.00 Å². The molecule has 0 saturated carbocycles. The summed E-state index contributed by atoms with van der Waals surface area (Å²) in [6.45, 7) is 2.61. The molecule has 25 heavy (non-hydrogen) atoms. The largest absolute Gasteiger partial charge is 0.444 e. The van der Waals surface area contributed by atoms with Gasteiger partial charge in [-0.25, -0.2) is 13.2 Å². The predicted molar refractivity (Wildman–Crippen MR) is 93.9 cm³/mol. The van der Waals surface area contributed by atoms with Gasteiger partial charge >= 0.3 is 5.97 Å². The van der Waals surface area contributed by atoms with Gasteiger partial charge in [0.25, 0.3) is 0 Å². The van der Waals surface area contributed by atoms with Crippen molar-refractivity contribution in [1.82, 2.24) is 4.31 Å². The molecule has 0 aromatic heterocycles. The van der Waals surface area contributed by atoms with Gasteiger partial charge in [0.15, 0.2) is 6.10 Å². The minimum absolute atomic E-state index is 0.257. The predicted octanol–water partition coefficient (Wildman–Crippen LogP) is 2.72. The minimum Gasteiger partial charge on any atom is -0.444 e. The summed E-state index contributed by atoms with van der Waals surface area (Å²) in [5, 5.41) is 8.59. The van der Waals surface area contributed by atoms with E-state index in [1.54, 1.807) is 34.6 Å². The van der Waals surface area contributed by atoms with Crippen molar-refractivity contribution in [3.8, 4) is 6.07 Å². The molecule has 0 spiro atoms. The Labute approximate surface area is 148 Å². The van der Waals surface area contributed by atoms with Gasteiger partial charge in [0.05, 0.1) is 4.90 Å². The summed E-state index contributed by atoms with van der Waals surface area (Å²) in [4.78, 5) is 11.7. The molecule has 0 aliphatic carbocycles. The number of hydrogen-bond acceptors (Lipinski definition) is 5. The highest BCUT2D eigenvalue weighted by molar-refractivity contribution is 7.89. The highest BCUT2D eigenvalue weighted by atomic mass is 32.2. The van der Waals surface area contributed by atoms with Crippen LogP contribution >= 0.6 is 0 Å². The fraction of sp³-hybridized carbons (Fsp3) is 0.444. The lowest BCUT2D eigenvalue weighted by atomic mass is 10.2. The summed E-state index contributed by atoms with van der Waals surface area (Å²) in [7, 11) is -3.47. The first kappa shape index (κ1) is 19.2. The van der Waals surface area contributed by atoms with Crippen LogP contribution in [-0.4, -0.2) is 37.9 Å². The fourth-order valence-corrected chi connectivity index (χ4v) is 4.10. The third-order valence-corrected chi connectivity index (χ3v) is 5.88. The normalized spacial score (nSPS) is 17.6. The standard InChI is InChI=1S/C18H22N2O4S/c1-15(14-19)24-18(21)11-8-16-6-9-17(10-7-16)25(22,23)20-12-4-2-3-5-13-20/h6-11,15H,2-5,12-13H2,1H3/b11-8+/t15-/m1/s1. The van der Waals surface area contributed by atoms with Gasteiger partial charge in [0.2, 0.25) is 10.0 Å². The number of nitrogens with zero attached hydrogens (tertiary/aromatic N) is 2. The molecular weight excluding hydrogens is 340 g/mol. The molecule has 7 heteroatoms. The van der Waals surface area contributed by atoms with E-state index in [0.717, 1.165) is 25.7 Å². The number of nitriles is 1. The summed E-state index contributed by atoms with van der Waals surface area (Å²) < 4.78 is 31.7. The van der Waals surface area contributed by atoms with E-state index in [9.17, 15) is 13.2 Å². The summed E-state index contributed by atoms with van der Waals surface area (Å²) >= 11 is 0. The van der Waals surface area contributed by atoms with Crippen molar-refractivity contribution in [3.05, 3.63) is 35.9 Å². The third kappa shape index (κ3) is 5.41. The molecule has 0 amide bonds. The van der Waals surface area contributed by atoms with E-state index in [-0.39, 0.29) is 4.90 Å². The average molecular weight is 362 g/mol. The summed E-state index contributed by atoms with van der Waals surface area (Å²) in [5.74, 6) is -0.615. The molecule has 1 atom stereocenters. The van der Waals surface area contributed by atoms with Gasteiger partial charge in [-0.3, -0.25) is 0 Å². The van der Waals surface area contributed by atoms with Crippen LogP contribution in [0.4, 0.5) is 0 Å². The van der Waals surface area contributed by atoms with Gasteiger partial charge < -0.3 is 4.74 Å². The summed E-state index contributed by atoms with van der Waals surface area (Å²) in [6.07, 6.45) is 5.85. The van der Waals surface area contributed by atoms with Gasteiger partial charge in [-0.15, -0.1) is 0 Å². The Hall–Kier alpha value is -2.17. The molecule has 1 aromatic rings. The molecule has 1 fully saturated rings. The van der Waals surface area contributed by atoms with Crippen LogP contribution in [0.1, 0.15) is 38.2 Å². The summed E-state index contributed by atoms with van der Waals surface area (Å²) in [6, 6.07) is 8.18. The van der Waals surface area contributed by atoms with Crippen molar-refractivity contribution in [2.45, 2.75) is 43.6 Å². The second-order valence-corrected chi connectivity index (χ2v) is 7.87. The molecular formula is C18H22N2O4S. The third-order valence-electron chi connectivity index (χ3n) is 3.97. The maximum atomic E-state index is 12.7. The van der Waals surface area contributed by atoms with Crippen LogP contribution in [0, 0.1) is 11.3 Å². The zero-order valence-corrected chi connectivity index (χ0v) is 15.0. The number of rotatable bonds is 5. The fourth-order valence-electron chi connectivity index (χ4n) is 2.59. The Kier molecular flexibility index (Phi) is 6.73. The van der Waals surface area contributed by atoms with Gasteiger partial charge in [0.1, 0.15) is 6.07 Å². The van der Waals surface area contributed by atoms with Gasteiger partial charge in [-0.05, 0) is 43.5 Å². The van der Waals surface area contributed by atoms with Crippen LogP contribution in [-0.2, 0) is 19.6 Å². The molecule has 1 heterocycles. The Bertz CT molecular complexity index is 755. The smallest absolute Gasteiger partial charge is 0.332 e. The highest BCUT2D eigenvalue weighted by Crippen LogP contribution is 2.21. The van der Waals surface area contributed by atoms with E-state index in [0.29, 0.717) is 18.7 Å². The topological polar surface area (TPSA) is 87.5 Å². The van der Waals surface area contributed by atoms with E-state index in [2.05, 4.69) is 0 Å². The van der Waals surface area contributed by atoms with Crippen LogP contribution in [0.25, 0.3) is 6.08 Å². The molecule has 1 aromatic carbocycles. The lowest BCUT2D eigenvalue weighted by Crippen LogP contribution is -2.31. The Balaban J connectivity index is 2.06. The Morgan fingerprint density at radius 2 is 1.80 bits per heavy atom. The van der Waals surface area contributed by atoms with Crippen molar-refractivity contribution < 1.29 is 17.9 Å². The zero-order chi connectivity index (χ0) is 18.3. The second-order valence-electron chi connectivity index (χ2n) is 5.93. The van der Waals surface area contributed by atoms with E-state index < -0.39 is 22.1 Å². The lowest BCUT2D eigenvalue weighted by molar-refractivity contribution is -0.139. The molecule has 1 saturated heterocycles. The Morgan fingerprint density at radius 3 is 2.36 bits per heavy atom. The van der Waals surface area contributed by atoms with Crippen LogP contribution in [0.15, 0.2) is 35.2 Å². The quantitative estimate of drug-likeness (QED) is 0.594. The maximum absolute atomic E-state index is 12.7. The molecule has 1 aliphatic heterocycles. The van der Waals surface area contributed by atoms with Crippen molar-refractivity contribution >= 4 is 22.1 Å². The number of benzene rings is 1. The van der Waals surface area contributed by atoms with Crippen LogP contribution in [0.2, 0.25) is 0 Å². The SMILES string of the molecule is C[C@H](C#N)OC(=O)/C=C/c1ccc(S(=O)(=O)N2CCCCCC2)cc1. The number of esters is 1. The lowest BCUT2D eigenvalue weighted by Gasteiger charge is -2.19. The number of hydrogen-bond donors (Lipinski definition) is 0. The first-order valence-electron chi connectivity index (χ1n) is 8.32. The minimum atomic E-state index is -3.47. The molecule has 134 valence electrons. The van der Waals surface area contributed by atoms with E-state index in [1.165, 1.54) is 19.1 Å². The van der Waals surface area contributed by atoms with Gasteiger partial charge in [-0.2, -0.15) is 9.57 Å². The second kappa shape index (κ2) is 8.79. The van der Waals surface area contributed by atoms with Crippen molar-refractivity contribution in [1.29, 1.82) is 5.26 Å². The van der Waals surface area contributed by atoms with Gasteiger partial charge in [0, 0.05) is 19.2 Å². The number of sulfonamides is 1. The molecule has 0 bridgehead atoms. The Morgan fingerprint density at radius 1 is 1.20 bits per heavy atom. The van der Waals surface area contributed by atoms with E-state index >= 15 is 0 Å². The zero-order valence-electron chi connectivity index (χ0n) is 14.2. The number of ether oxygens (including phenoxy) is 1. The van der Waals surface area contributed by atoms with Crippen molar-refractivity contribution in [2.75, 3.05) is 13.1 Å². The average Bonchev–Trinajstić information content (AvgIpc) is 2.90. The van der Waals surface area contributed by atoms with Crippen LogP contribution < -0.4 is 0 Å². The monoisotopic (exact) mass is 362 g/mol. The first-order chi connectivity index (χ1) is 11.9. The summed E-state index contributed by atoms with van der Waals surface area (Å²) in [5.41, 5.74) is 0.677. The molecule has 0 N–H and O–H groups in total. The van der Waals surface area contributed by atoms with Crippen molar-refractivity contribution in [2.24, 2.45) is 0 Å². The number of carbonyl (C=O) groups is 1. The van der Waals surface area contributed by atoms with E-state index in [1.807, 2.05) is 0 Å². The maximum Gasteiger partial charge on any atom is 0.332 e. The molecule has 0 radical (unpaired) electrons. The van der Waals surface area contributed by atoms with Crippen molar-refractivity contribution in [3.63, 3.8) is 0 Å². The van der Waals surface area contributed by atoms with Crippen LogP contribution in [0.3, 0.4) is 0 Å². The van der Waals surface area contributed by atoms with Gasteiger partial charge in [-0.1, -0.05) is 25.0 Å². The molecule has 6 nitrogen and oxygen atoms in total. The van der Waals surface area contributed by atoms with Crippen LogP contribution in [0.5, 0.6) is 0 Å². The number of carbonyl (C=O) groups excluding carboxylic acids is 1. The molecule has 2 rings (SSSR count). The first-order valence-corrected chi connectivity index (χ1v) is 9.76. The molecule has 0 unspecified atom stereocenters. The highest BCUT2D eigenvalue weighted by Gasteiger charge is 2.24. The molecule has 1 aliphatic rings.